The minimum absolute atomic E-state index is 0.641. The summed E-state index contributed by atoms with van der Waals surface area (Å²) in [5.41, 5.74) is -0.641. The average Bonchev–Trinajstić information content (AvgIpc) is 2.03. The van der Waals surface area contributed by atoms with Gasteiger partial charge in [0.1, 0.15) is 5.57 Å². The van der Waals surface area contributed by atoms with Gasteiger partial charge in [-0.1, -0.05) is 25.7 Å². The summed E-state index contributed by atoms with van der Waals surface area (Å²) in [6, 6.07) is 5.54. The van der Waals surface area contributed by atoms with Crippen LogP contribution in [0, 0.1) is 0 Å². The van der Waals surface area contributed by atoms with Crippen molar-refractivity contribution in [1.82, 2.24) is 4.98 Å². The van der Waals surface area contributed by atoms with Crippen LogP contribution in [0.2, 0.25) is 19.6 Å². The third kappa shape index (κ3) is 11.9. The summed E-state index contributed by atoms with van der Waals surface area (Å²) < 4.78 is 4.80. The van der Waals surface area contributed by atoms with E-state index in [9.17, 15) is 0 Å². The van der Waals surface area contributed by atoms with E-state index in [1.54, 1.807) is 19.4 Å². The number of hydrogen-bond acceptors (Lipinski definition) is 2. The molecule has 0 aliphatic carbocycles. The minimum Gasteiger partial charge on any atom is -0.481 e. The molecule has 1 aromatic rings. The summed E-state index contributed by atoms with van der Waals surface area (Å²) in [5.74, 6) is 0.660. The van der Waals surface area contributed by atoms with Gasteiger partial charge in [-0.25, -0.2) is 4.98 Å². The summed E-state index contributed by atoms with van der Waals surface area (Å²) in [5, 5.41) is 0. The number of hydrogen-bond donors (Lipinski definition) is 0. The lowest BCUT2D eigenvalue weighted by Crippen LogP contribution is -2.05. The van der Waals surface area contributed by atoms with E-state index >= 15 is 0 Å². The maximum Gasteiger partial charge on any atom is 0.212 e. The zero-order valence-electron chi connectivity index (χ0n) is 8.54. The Morgan fingerprint density at radius 3 is 2.08 bits per heavy atom. The molecule has 0 aromatic carbocycles. The molecule has 0 aliphatic heterocycles. The molecule has 2 nitrogen and oxygen atoms in total. The molecule has 0 bridgehead atoms. The molecule has 4 heteroatoms. The summed E-state index contributed by atoms with van der Waals surface area (Å²) in [6.07, 6.45) is 1.69. The highest BCUT2D eigenvalue weighted by Gasteiger charge is 2.02. The molecule has 13 heavy (non-hydrogen) atoms. The zero-order chi connectivity index (χ0) is 10.3. The first-order valence-electron chi connectivity index (χ1n) is 4.07. The fourth-order valence-corrected chi connectivity index (χ4v) is 0.468. The predicted molar refractivity (Wildman–Crippen MR) is 68.2 cm³/mol. The van der Waals surface area contributed by atoms with E-state index in [0.29, 0.717) is 5.88 Å². The number of aromatic nitrogens is 1. The van der Waals surface area contributed by atoms with Crippen LogP contribution in [0.25, 0.3) is 0 Å². The number of halogens is 1. The van der Waals surface area contributed by atoms with Gasteiger partial charge in [0.05, 0.1) is 7.11 Å². The number of pyridine rings is 1. The molecule has 0 unspecified atom stereocenters. The van der Waals surface area contributed by atoms with Crippen LogP contribution in [0.3, 0.4) is 0 Å². The van der Waals surface area contributed by atoms with Gasteiger partial charge >= 0.3 is 0 Å². The van der Waals surface area contributed by atoms with Gasteiger partial charge in [0.2, 0.25) is 5.88 Å². The number of nitrogens with zero attached hydrogens (tertiary/aromatic N) is 1. The summed E-state index contributed by atoms with van der Waals surface area (Å²) in [4.78, 5) is 3.88. The molecular weight excluding hydrogens is 293 g/mol. The van der Waals surface area contributed by atoms with Gasteiger partial charge in [-0.05, 0) is 6.07 Å². The van der Waals surface area contributed by atoms with Gasteiger partial charge in [-0.2, -0.15) is 0 Å². The van der Waals surface area contributed by atoms with Crippen molar-refractivity contribution >= 4 is 27.4 Å². The number of methoxy groups -OCH3 is 1. The highest BCUT2D eigenvalue weighted by Crippen LogP contribution is 2.08. The Hall–Kier alpha value is -0.103. The number of rotatable bonds is 1. The maximum atomic E-state index is 4.80. The van der Waals surface area contributed by atoms with Gasteiger partial charge in [-0.3, -0.25) is 0 Å². The van der Waals surface area contributed by atoms with Crippen LogP contribution in [0.15, 0.2) is 24.4 Å². The van der Waals surface area contributed by atoms with E-state index in [1.165, 1.54) is 0 Å². The van der Waals surface area contributed by atoms with Crippen LogP contribution < -0.4 is 4.74 Å². The molecule has 0 radical (unpaired) electrons. The van der Waals surface area contributed by atoms with E-state index in [4.69, 9.17) is 4.74 Å². The zero-order valence-corrected chi connectivity index (χ0v) is 11.7. The third-order valence-electron chi connectivity index (χ3n) is 0.847. The van der Waals surface area contributed by atoms with Crippen LogP contribution in [0.1, 0.15) is 0 Å². The van der Waals surface area contributed by atoms with E-state index in [2.05, 4.69) is 46.4 Å². The van der Waals surface area contributed by atoms with Gasteiger partial charge < -0.3 is 4.74 Å². The highest BCUT2D eigenvalue weighted by atomic mass is 127. The maximum absolute atomic E-state index is 4.80. The predicted octanol–water partition coefficient (Wildman–Crippen LogP) is 3.35. The quantitative estimate of drug-likeness (QED) is 0.451. The van der Waals surface area contributed by atoms with Crippen molar-refractivity contribution in [2.75, 3.05) is 7.11 Å². The monoisotopic (exact) mass is 309 g/mol. The fraction of sp³-hybridized carbons (Fsp3) is 0.444. The molecule has 0 spiro atoms. The first kappa shape index (κ1) is 12.9. The minimum atomic E-state index is -0.641. The van der Waals surface area contributed by atoms with Crippen molar-refractivity contribution in [2.45, 2.75) is 19.6 Å². The second kappa shape index (κ2) is 6.37. The van der Waals surface area contributed by atoms with Crippen LogP contribution in [0.4, 0.5) is 0 Å². The topological polar surface area (TPSA) is 22.1 Å². The first-order chi connectivity index (χ1) is 5.93. The Bertz CT molecular complexity index is 217. The lowest BCUT2D eigenvalue weighted by molar-refractivity contribution is 0.398. The van der Waals surface area contributed by atoms with Crippen molar-refractivity contribution in [3.05, 3.63) is 24.4 Å². The van der Waals surface area contributed by atoms with Gasteiger partial charge in [-0.15, -0.1) is 21.8 Å². The molecule has 0 aliphatic rings. The molecule has 0 amide bonds. The second-order valence-corrected chi connectivity index (χ2v) is 17.3. The SMILES string of the molecule is COc1ccccn1.C[Si](C)(C)I. The largest absolute Gasteiger partial charge is 0.481 e. The van der Waals surface area contributed by atoms with Crippen molar-refractivity contribution in [1.29, 1.82) is 0 Å². The molecular formula is C9H16INOSi. The van der Waals surface area contributed by atoms with Crippen LogP contribution in [-0.2, 0) is 0 Å². The molecule has 1 aromatic heterocycles. The van der Waals surface area contributed by atoms with Gasteiger partial charge in [0.15, 0.2) is 0 Å². The Morgan fingerprint density at radius 2 is 1.85 bits per heavy atom. The molecule has 0 saturated heterocycles. The molecule has 0 atom stereocenters. The van der Waals surface area contributed by atoms with Crippen LogP contribution in [-0.4, -0.2) is 17.7 Å². The lowest BCUT2D eigenvalue weighted by Gasteiger charge is -1.98. The van der Waals surface area contributed by atoms with Crippen LogP contribution >= 0.6 is 21.8 Å². The molecule has 74 valence electrons. The first-order valence-corrected chi connectivity index (χ1v) is 10.7. The smallest absolute Gasteiger partial charge is 0.212 e. The molecule has 0 saturated carbocycles. The Labute approximate surface area is 93.9 Å². The van der Waals surface area contributed by atoms with E-state index < -0.39 is 5.57 Å². The standard InChI is InChI=1S/C6H7NO.C3H9ISi/c1-8-6-4-2-3-5-7-6;1-5(2,3)4/h2-5H,1H3;1-3H3. The van der Waals surface area contributed by atoms with Crippen molar-refractivity contribution in [3.8, 4) is 5.88 Å². The second-order valence-electron chi connectivity index (χ2n) is 3.44. The summed E-state index contributed by atoms with van der Waals surface area (Å²) in [6.45, 7) is 6.94. The summed E-state index contributed by atoms with van der Waals surface area (Å²) >= 11 is 2.52. The molecule has 0 fully saturated rings. The molecule has 1 heterocycles. The third-order valence-corrected chi connectivity index (χ3v) is 0.847. The molecule has 0 N–H and O–H groups in total. The normalized spacial score (nSPS) is 9.92. The van der Waals surface area contributed by atoms with Crippen molar-refractivity contribution < 1.29 is 4.74 Å². The van der Waals surface area contributed by atoms with E-state index in [-0.39, 0.29) is 0 Å². The molecule has 1 rings (SSSR count). The van der Waals surface area contributed by atoms with E-state index in [1.807, 2.05) is 12.1 Å². The lowest BCUT2D eigenvalue weighted by atomic mass is 10.5. The Balaban J connectivity index is 0.000000252. The van der Waals surface area contributed by atoms with Crippen molar-refractivity contribution in [3.63, 3.8) is 0 Å². The average molecular weight is 309 g/mol. The summed E-state index contributed by atoms with van der Waals surface area (Å²) in [7, 11) is 1.60. The Kier molecular flexibility index (Phi) is 6.32. The van der Waals surface area contributed by atoms with Crippen molar-refractivity contribution in [2.24, 2.45) is 0 Å². The number of ether oxygens (including phenoxy) is 1. The van der Waals surface area contributed by atoms with Crippen LogP contribution in [0.5, 0.6) is 5.88 Å². The Morgan fingerprint density at radius 1 is 1.31 bits per heavy atom. The highest BCUT2D eigenvalue weighted by molar-refractivity contribution is 14.1. The van der Waals surface area contributed by atoms with E-state index in [0.717, 1.165) is 0 Å². The fourth-order valence-electron chi connectivity index (χ4n) is 0.468. The van der Waals surface area contributed by atoms with Gasteiger partial charge in [0, 0.05) is 12.3 Å². The van der Waals surface area contributed by atoms with Gasteiger partial charge in [0.25, 0.3) is 0 Å².